The predicted molar refractivity (Wildman–Crippen MR) is 57.1 cm³/mol. The molecule has 2 N–H and O–H groups in total. The molecule has 0 aromatic heterocycles. The van der Waals surface area contributed by atoms with E-state index in [4.69, 9.17) is 9.84 Å². The first kappa shape index (κ1) is 15.1. The van der Waals surface area contributed by atoms with E-state index in [0.29, 0.717) is 6.07 Å². The van der Waals surface area contributed by atoms with Crippen LogP contribution in [0.25, 0.3) is 0 Å². The van der Waals surface area contributed by atoms with Crippen molar-refractivity contribution in [2.75, 3.05) is 14.2 Å². The maximum Gasteiger partial charge on any atom is 0.420 e. The lowest BCUT2D eigenvalue weighted by Crippen LogP contribution is -2.14. The highest BCUT2D eigenvalue weighted by Gasteiger charge is 2.37. The highest BCUT2D eigenvalue weighted by atomic mass is 19.4. The Hall–Kier alpha value is -1.96. The standard InChI is InChI=1S/C11H11F3O5/c1-18-8-5(7(15)10(16)17)3-4-6(9(8)19-2)11(12,13)14/h3-4,7,15H,1-2H3,(H,16,17). The molecule has 1 aromatic carbocycles. The van der Waals surface area contributed by atoms with Gasteiger partial charge < -0.3 is 19.7 Å². The van der Waals surface area contributed by atoms with Crippen LogP contribution in [0.1, 0.15) is 17.2 Å². The number of aliphatic carboxylic acids is 1. The lowest BCUT2D eigenvalue weighted by Gasteiger charge is -2.19. The molecule has 1 atom stereocenters. The molecule has 0 saturated carbocycles. The summed E-state index contributed by atoms with van der Waals surface area (Å²) >= 11 is 0. The van der Waals surface area contributed by atoms with E-state index in [-0.39, 0.29) is 5.56 Å². The van der Waals surface area contributed by atoms with Crippen molar-refractivity contribution in [3.63, 3.8) is 0 Å². The minimum atomic E-state index is -4.69. The van der Waals surface area contributed by atoms with Crippen LogP contribution >= 0.6 is 0 Å². The number of carbonyl (C=O) groups is 1. The first-order valence-electron chi connectivity index (χ1n) is 4.97. The Bertz CT molecular complexity index is 484. The summed E-state index contributed by atoms with van der Waals surface area (Å²) in [5, 5.41) is 18.1. The number of carboxylic acids is 1. The van der Waals surface area contributed by atoms with E-state index in [9.17, 15) is 23.1 Å². The fourth-order valence-corrected chi connectivity index (χ4v) is 1.56. The fourth-order valence-electron chi connectivity index (χ4n) is 1.56. The Balaban J connectivity index is 3.52. The second-order valence-corrected chi connectivity index (χ2v) is 3.51. The van der Waals surface area contributed by atoms with Gasteiger partial charge in [-0.1, -0.05) is 6.07 Å². The third-order valence-electron chi connectivity index (χ3n) is 2.38. The molecule has 0 aliphatic rings. The zero-order chi connectivity index (χ0) is 14.8. The van der Waals surface area contributed by atoms with Crippen molar-refractivity contribution in [3.05, 3.63) is 23.3 Å². The van der Waals surface area contributed by atoms with Crippen molar-refractivity contribution in [2.45, 2.75) is 12.3 Å². The van der Waals surface area contributed by atoms with Gasteiger partial charge in [0.05, 0.1) is 14.2 Å². The van der Waals surface area contributed by atoms with E-state index >= 15 is 0 Å². The van der Waals surface area contributed by atoms with Gasteiger partial charge in [-0.05, 0) is 6.07 Å². The van der Waals surface area contributed by atoms with Crippen LogP contribution in [0.2, 0.25) is 0 Å². The smallest absolute Gasteiger partial charge is 0.420 e. The van der Waals surface area contributed by atoms with Crippen molar-refractivity contribution in [2.24, 2.45) is 0 Å². The largest absolute Gasteiger partial charge is 0.492 e. The summed E-state index contributed by atoms with van der Waals surface area (Å²) in [5.41, 5.74) is -1.44. The number of halogens is 3. The first-order valence-corrected chi connectivity index (χ1v) is 4.97. The second kappa shape index (κ2) is 5.35. The van der Waals surface area contributed by atoms with E-state index in [1.165, 1.54) is 0 Å². The van der Waals surface area contributed by atoms with Crippen molar-refractivity contribution in [3.8, 4) is 11.5 Å². The number of alkyl halides is 3. The van der Waals surface area contributed by atoms with E-state index in [1.807, 2.05) is 0 Å². The van der Waals surface area contributed by atoms with E-state index in [0.717, 1.165) is 20.3 Å². The molecule has 1 unspecified atom stereocenters. The summed E-state index contributed by atoms with van der Waals surface area (Å²) in [4.78, 5) is 10.7. The van der Waals surface area contributed by atoms with E-state index in [2.05, 4.69) is 4.74 Å². The van der Waals surface area contributed by atoms with Crippen molar-refractivity contribution in [1.82, 2.24) is 0 Å². The first-order chi connectivity index (χ1) is 8.73. The minimum absolute atomic E-state index is 0.320. The molecule has 0 saturated heterocycles. The van der Waals surface area contributed by atoms with Gasteiger partial charge in [-0.2, -0.15) is 13.2 Å². The van der Waals surface area contributed by atoms with Crippen LogP contribution in [0.15, 0.2) is 12.1 Å². The van der Waals surface area contributed by atoms with Crippen LogP contribution in [0, 0.1) is 0 Å². The number of hydrogen-bond donors (Lipinski definition) is 2. The van der Waals surface area contributed by atoms with Crippen molar-refractivity contribution >= 4 is 5.97 Å². The van der Waals surface area contributed by atoms with E-state index < -0.39 is 35.3 Å². The van der Waals surface area contributed by atoms with Crippen LogP contribution in [0.5, 0.6) is 11.5 Å². The van der Waals surface area contributed by atoms with Gasteiger partial charge in [0.15, 0.2) is 17.6 Å². The summed E-state index contributed by atoms with van der Waals surface area (Å²) < 4.78 is 47.5. The predicted octanol–water partition coefficient (Wildman–Crippen LogP) is 1.84. The molecule has 19 heavy (non-hydrogen) atoms. The zero-order valence-corrected chi connectivity index (χ0v) is 9.99. The maximum atomic E-state index is 12.7. The van der Waals surface area contributed by atoms with Gasteiger partial charge in [-0.25, -0.2) is 4.79 Å². The topological polar surface area (TPSA) is 76.0 Å². The summed E-state index contributed by atoms with van der Waals surface area (Å²) in [7, 11) is 2.04. The molecule has 0 heterocycles. The number of aliphatic hydroxyl groups is 1. The third kappa shape index (κ3) is 2.90. The number of rotatable bonds is 4. The highest BCUT2D eigenvalue weighted by molar-refractivity contribution is 5.76. The molecule has 0 aliphatic carbocycles. The molecule has 106 valence electrons. The SMILES string of the molecule is COc1c(C(O)C(=O)O)ccc(C(F)(F)F)c1OC. The minimum Gasteiger partial charge on any atom is -0.492 e. The summed E-state index contributed by atoms with van der Waals surface area (Å²) in [6.07, 6.45) is -6.70. The molecule has 1 aromatic rings. The Morgan fingerprint density at radius 1 is 1.21 bits per heavy atom. The van der Waals surface area contributed by atoms with Gasteiger partial charge in [-0.15, -0.1) is 0 Å². The monoisotopic (exact) mass is 280 g/mol. The molecule has 0 amide bonds. The van der Waals surface area contributed by atoms with Gasteiger partial charge in [0.25, 0.3) is 0 Å². The van der Waals surface area contributed by atoms with Gasteiger partial charge >= 0.3 is 12.1 Å². The van der Waals surface area contributed by atoms with Gasteiger partial charge in [0.2, 0.25) is 0 Å². The lowest BCUT2D eigenvalue weighted by molar-refractivity contribution is -0.147. The Kier molecular flexibility index (Phi) is 4.25. The number of carboxylic acid groups (broad SMARTS) is 1. The van der Waals surface area contributed by atoms with E-state index in [1.54, 1.807) is 0 Å². The number of benzene rings is 1. The summed E-state index contributed by atoms with van der Waals surface area (Å²) in [6, 6.07) is 1.46. The Morgan fingerprint density at radius 2 is 1.74 bits per heavy atom. The number of methoxy groups -OCH3 is 2. The fraction of sp³-hybridized carbons (Fsp3) is 0.364. The van der Waals surface area contributed by atoms with Gasteiger partial charge in [0, 0.05) is 5.56 Å². The molecular formula is C11H11F3O5. The molecule has 0 bridgehead atoms. The van der Waals surface area contributed by atoms with Crippen LogP contribution in [0.4, 0.5) is 13.2 Å². The number of ether oxygens (including phenoxy) is 2. The molecule has 5 nitrogen and oxygen atoms in total. The third-order valence-corrected chi connectivity index (χ3v) is 2.38. The molecule has 0 aliphatic heterocycles. The van der Waals surface area contributed by atoms with Crippen LogP contribution in [-0.2, 0) is 11.0 Å². The normalized spacial score (nSPS) is 12.9. The molecule has 1 rings (SSSR count). The Labute approximate surface area is 106 Å². The van der Waals surface area contributed by atoms with Crippen molar-refractivity contribution in [1.29, 1.82) is 0 Å². The molecule has 0 radical (unpaired) electrons. The van der Waals surface area contributed by atoms with Crippen molar-refractivity contribution < 1.29 is 37.7 Å². The molecular weight excluding hydrogens is 269 g/mol. The highest BCUT2D eigenvalue weighted by Crippen LogP contribution is 2.44. The van der Waals surface area contributed by atoms with Crippen LogP contribution < -0.4 is 9.47 Å². The Morgan fingerprint density at radius 3 is 2.11 bits per heavy atom. The van der Waals surface area contributed by atoms with Crippen LogP contribution in [0.3, 0.4) is 0 Å². The zero-order valence-electron chi connectivity index (χ0n) is 9.99. The van der Waals surface area contributed by atoms with Crippen LogP contribution in [-0.4, -0.2) is 30.4 Å². The quantitative estimate of drug-likeness (QED) is 0.880. The molecule has 8 heteroatoms. The van der Waals surface area contributed by atoms with Gasteiger partial charge in [-0.3, -0.25) is 0 Å². The molecule has 0 fully saturated rings. The lowest BCUT2D eigenvalue weighted by atomic mass is 10.0. The average molecular weight is 280 g/mol. The number of aliphatic hydroxyl groups excluding tert-OH is 1. The average Bonchev–Trinajstić information content (AvgIpc) is 2.34. The second-order valence-electron chi connectivity index (χ2n) is 3.51. The number of hydrogen-bond acceptors (Lipinski definition) is 4. The summed E-state index contributed by atoms with van der Waals surface area (Å²) in [5.74, 6) is -2.75. The maximum absolute atomic E-state index is 12.7. The summed E-state index contributed by atoms with van der Waals surface area (Å²) in [6.45, 7) is 0. The molecule has 0 spiro atoms. The van der Waals surface area contributed by atoms with Gasteiger partial charge in [0.1, 0.15) is 5.56 Å².